The van der Waals surface area contributed by atoms with Gasteiger partial charge in [0.25, 0.3) is 0 Å². The van der Waals surface area contributed by atoms with Crippen LogP contribution in [0.3, 0.4) is 0 Å². The number of benzene rings is 1. The fraction of sp³-hybridized carbons (Fsp3) is 0.647. The van der Waals surface area contributed by atoms with Gasteiger partial charge in [0.05, 0.1) is 13.2 Å². The molecule has 2 rings (SSSR count). The van der Waals surface area contributed by atoms with Crippen molar-refractivity contribution < 1.29 is 9.84 Å². The van der Waals surface area contributed by atoms with Gasteiger partial charge in [-0.3, -0.25) is 4.90 Å². The summed E-state index contributed by atoms with van der Waals surface area (Å²) in [6.07, 6.45) is 3.14. The normalized spacial score (nSPS) is 22.8. The zero-order valence-corrected chi connectivity index (χ0v) is 13.2. The number of para-hydroxylation sites is 1. The Kier molecular flexibility index (Phi) is 6.03. The zero-order valence-electron chi connectivity index (χ0n) is 13.2. The van der Waals surface area contributed by atoms with Gasteiger partial charge < -0.3 is 15.6 Å². The van der Waals surface area contributed by atoms with Crippen molar-refractivity contribution in [1.82, 2.24) is 4.90 Å². The average Bonchev–Trinajstić information content (AvgIpc) is 2.55. The van der Waals surface area contributed by atoms with Gasteiger partial charge in [0.15, 0.2) is 0 Å². The Morgan fingerprint density at radius 3 is 2.86 bits per heavy atom. The van der Waals surface area contributed by atoms with Crippen molar-refractivity contribution in [2.75, 3.05) is 26.8 Å². The van der Waals surface area contributed by atoms with Crippen LogP contribution in [0.4, 0.5) is 0 Å². The molecule has 4 nitrogen and oxygen atoms in total. The first-order valence-corrected chi connectivity index (χ1v) is 7.94. The van der Waals surface area contributed by atoms with E-state index in [2.05, 4.69) is 17.9 Å². The summed E-state index contributed by atoms with van der Waals surface area (Å²) in [6, 6.07) is 8.36. The molecule has 0 saturated carbocycles. The highest BCUT2D eigenvalue weighted by atomic mass is 16.5. The SMILES string of the molecule is CCC(N)C(c1ccccc1OC)N1CCCC(CO)C1. The predicted molar refractivity (Wildman–Crippen MR) is 85.4 cm³/mol. The van der Waals surface area contributed by atoms with Crippen LogP contribution in [0.2, 0.25) is 0 Å². The highest BCUT2D eigenvalue weighted by Crippen LogP contribution is 2.34. The molecule has 0 spiro atoms. The number of aliphatic hydroxyl groups excluding tert-OH is 1. The zero-order chi connectivity index (χ0) is 15.2. The van der Waals surface area contributed by atoms with Crippen LogP contribution in [0.1, 0.15) is 37.8 Å². The highest BCUT2D eigenvalue weighted by Gasteiger charge is 2.31. The molecule has 0 bridgehead atoms. The molecule has 1 aliphatic heterocycles. The molecule has 0 amide bonds. The van der Waals surface area contributed by atoms with Crippen molar-refractivity contribution in [3.05, 3.63) is 29.8 Å². The van der Waals surface area contributed by atoms with E-state index in [1.54, 1.807) is 7.11 Å². The Morgan fingerprint density at radius 1 is 1.43 bits per heavy atom. The van der Waals surface area contributed by atoms with Crippen molar-refractivity contribution >= 4 is 0 Å². The Bertz CT molecular complexity index is 439. The monoisotopic (exact) mass is 292 g/mol. The first-order valence-electron chi connectivity index (χ1n) is 7.94. The van der Waals surface area contributed by atoms with Gasteiger partial charge in [0.2, 0.25) is 0 Å². The van der Waals surface area contributed by atoms with Crippen molar-refractivity contribution in [1.29, 1.82) is 0 Å². The quantitative estimate of drug-likeness (QED) is 0.844. The number of ether oxygens (including phenoxy) is 1. The van der Waals surface area contributed by atoms with Gasteiger partial charge in [0, 0.05) is 24.8 Å². The summed E-state index contributed by atoms with van der Waals surface area (Å²) in [6.45, 7) is 4.33. The molecule has 21 heavy (non-hydrogen) atoms. The van der Waals surface area contributed by atoms with Gasteiger partial charge in [-0.2, -0.15) is 0 Å². The first kappa shape index (κ1) is 16.3. The Morgan fingerprint density at radius 2 is 2.19 bits per heavy atom. The summed E-state index contributed by atoms with van der Waals surface area (Å²) >= 11 is 0. The number of hydrogen-bond donors (Lipinski definition) is 2. The summed E-state index contributed by atoms with van der Waals surface area (Å²) in [7, 11) is 1.71. The van der Waals surface area contributed by atoms with E-state index >= 15 is 0 Å². The minimum absolute atomic E-state index is 0.0683. The lowest BCUT2D eigenvalue weighted by Crippen LogP contribution is -2.46. The van der Waals surface area contributed by atoms with Gasteiger partial charge in [-0.05, 0) is 37.8 Å². The van der Waals surface area contributed by atoms with E-state index in [-0.39, 0.29) is 18.7 Å². The van der Waals surface area contributed by atoms with Crippen LogP contribution in [0.5, 0.6) is 5.75 Å². The molecular formula is C17H28N2O2. The Balaban J connectivity index is 2.29. The lowest BCUT2D eigenvalue weighted by molar-refractivity contribution is 0.0753. The van der Waals surface area contributed by atoms with E-state index in [0.717, 1.165) is 43.7 Å². The molecule has 3 unspecified atom stereocenters. The molecule has 3 atom stereocenters. The van der Waals surface area contributed by atoms with E-state index in [4.69, 9.17) is 10.5 Å². The van der Waals surface area contributed by atoms with Crippen LogP contribution in [0, 0.1) is 5.92 Å². The highest BCUT2D eigenvalue weighted by molar-refractivity contribution is 5.37. The predicted octanol–water partition coefficient (Wildman–Crippen LogP) is 2.18. The first-order chi connectivity index (χ1) is 10.2. The Labute approximate surface area is 127 Å². The van der Waals surface area contributed by atoms with Crippen LogP contribution in [-0.2, 0) is 0 Å². The second-order valence-corrected chi connectivity index (χ2v) is 5.94. The topological polar surface area (TPSA) is 58.7 Å². The lowest BCUT2D eigenvalue weighted by Gasteiger charge is -2.41. The van der Waals surface area contributed by atoms with E-state index < -0.39 is 0 Å². The van der Waals surface area contributed by atoms with Gasteiger partial charge in [0.1, 0.15) is 5.75 Å². The molecular weight excluding hydrogens is 264 g/mol. The summed E-state index contributed by atoms with van der Waals surface area (Å²) in [5.74, 6) is 1.26. The molecule has 3 N–H and O–H groups in total. The van der Waals surface area contributed by atoms with Crippen LogP contribution in [0.15, 0.2) is 24.3 Å². The average molecular weight is 292 g/mol. The van der Waals surface area contributed by atoms with Crippen molar-refractivity contribution in [2.45, 2.75) is 38.3 Å². The number of nitrogens with zero attached hydrogens (tertiary/aromatic N) is 1. The van der Waals surface area contributed by atoms with Gasteiger partial charge in [-0.15, -0.1) is 0 Å². The molecule has 0 aromatic heterocycles. The third kappa shape index (κ3) is 3.76. The molecule has 0 aliphatic carbocycles. The van der Waals surface area contributed by atoms with E-state index in [1.807, 2.05) is 18.2 Å². The summed E-state index contributed by atoms with van der Waals surface area (Å²) in [4.78, 5) is 2.43. The molecule has 118 valence electrons. The molecule has 1 fully saturated rings. The lowest BCUT2D eigenvalue weighted by atomic mass is 9.91. The van der Waals surface area contributed by atoms with Crippen molar-refractivity contribution in [3.8, 4) is 5.75 Å². The minimum Gasteiger partial charge on any atom is -0.496 e. The molecule has 1 heterocycles. The fourth-order valence-corrected chi connectivity index (χ4v) is 3.33. The van der Waals surface area contributed by atoms with Gasteiger partial charge in [-0.25, -0.2) is 0 Å². The number of nitrogens with two attached hydrogens (primary N) is 1. The van der Waals surface area contributed by atoms with Crippen LogP contribution in [0.25, 0.3) is 0 Å². The molecule has 1 aromatic rings. The fourth-order valence-electron chi connectivity index (χ4n) is 3.33. The van der Waals surface area contributed by atoms with Crippen LogP contribution in [-0.4, -0.2) is 42.9 Å². The second-order valence-electron chi connectivity index (χ2n) is 5.94. The minimum atomic E-state index is 0.0683. The van der Waals surface area contributed by atoms with E-state index in [9.17, 15) is 5.11 Å². The maximum atomic E-state index is 9.48. The molecule has 1 saturated heterocycles. The number of likely N-dealkylation sites (tertiary alicyclic amines) is 1. The maximum absolute atomic E-state index is 9.48. The molecule has 0 radical (unpaired) electrons. The molecule has 1 aliphatic rings. The number of rotatable bonds is 6. The maximum Gasteiger partial charge on any atom is 0.123 e. The third-order valence-corrected chi connectivity index (χ3v) is 4.54. The van der Waals surface area contributed by atoms with E-state index in [0.29, 0.717) is 5.92 Å². The smallest absolute Gasteiger partial charge is 0.123 e. The molecule has 1 aromatic carbocycles. The van der Waals surface area contributed by atoms with E-state index in [1.165, 1.54) is 0 Å². The van der Waals surface area contributed by atoms with Gasteiger partial charge in [-0.1, -0.05) is 25.1 Å². The van der Waals surface area contributed by atoms with Gasteiger partial charge >= 0.3 is 0 Å². The van der Waals surface area contributed by atoms with Crippen LogP contribution >= 0.6 is 0 Å². The molecule has 4 heteroatoms. The summed E-state index contributed by atoms with van der Waals surface area (Å²) in [5, 5.41) is 9.48. The third-order valence-electron chi connectivity index (χ3n) is 4.54. The number of aliphatic hydroxyl groups is 1. The Hall–Kier alpha value is -1.10. The van der Waals surface area contributed by atoms with Crippen molar-refractivity contribution in [3.63, 3.8) is 0 Å². The number of methoxy groups -OCH3 is 1. The number of hydrogen-bond acceptors (Lipinski definition) is 4. The number of piperidine rings is 1. The summed E-state index contributed by atoms with van der Waals surface area (Å²) in [5.41, 5.74) is 7.59. The van der Waals surface area contributed by atoms with Crippen LogP contribution < -0.4 is 10.5 Å². The summed E-state index contributed by atoms with van der Waals surface area (Å²) < 4.78 is 5.53. The second kappa shape index (κ2) is 7.78. The van der Waals surface area contributed by atoms with Crippen molar-refractivity contribution in [2.24, 2.45) is 11.7 Å². The standard InChI is InChI=1S/C17H28N2O2/c1-3-15(18)17(14-8-4-5-9-16(14)21-2)19-10-6-7-13(11-19)12-20/h4-5,8-9,13,15,17,20H,3,6-7,10-12,18H2,1-2H3. The largest absolute Gasteiger partial charge is 0.496 e.